The van der Waals surface area contributed by atoms with Gasteiger partial charge in [-0.2, -0.15) is 4.31 Å². The molecule has 0 saturated carbocycles. The number of fused-ring (bicyclic) bond motifs is 1. The average Bonchev–Trinajstić information content (AvgIpc) is 3.26. The predicted octanol–water partition coefficient (Wildman–Crippen LogP) is 2.25. The van der Waals surface area contributed by atoms with Crippen molar-refractivity contribution in [2.45, 2.75) is 57.0 Å². The van der Waals surface area contributed by atoms with Crippen LogP contribution in [-0.2, 0) is 14.8 Å². The number of hydrogen-bond donors (Lipinski definition) is 2. The van der Waals surface area contributed by atoms with Gasteiger partial charge in [-0.15, -0.1) is 24.8 Å². The number of β-amino-alcohol motifs (C(OH)–C–C–N with tert-alkyl or cyclic N) is 1. The lowest BCUT2D eigenvalue weighted by Crippen LogP contribution is -2.54. The summed E-state index contributed by atoms with van der Waals surface area (Å²) in [6, 6.07) is 4.11. The monoisotopic (exact) mass is 605 g/mol. The van der Waals surface area contributed by atoms with Crippen molar-refractivity contribution in [1.82, 2.24) is 19.4 Å². The number of carbonyl (C=O) groups is 1. The Kier molecular flexibility index (Phi) is 12.5. The van der Waals surface area contributed by atoms with E-state index in [2.05, 4.69) is 18.4 Å². The lowest BCUT2D eigenvalue weighted by atomic mass is 9.97. The molecular formula is C26H41Cl2N5O5S. The van der Waals surface area contributed by atoms with E-state index in [4.69, 9.17) is 9.73 Å². The molecule has 1 fully saturated rings. The highest BCUT2D eigenvalue weighted by Crippen LogP contribution is 2.33. The van der Waals surface area contributed by atoms with Crippen LogP contribution in [0.3, 0.4) is 0 Å². The summed E-state index contributed by atoms with van der Waals surface area (Å²) in [6.07, 6.45) is 4.63. The molecule has 13 heteroatoms. The Balaban J connectivity index is 0.00000267. The van der Waals surface area contributed by atoms with Gasteiger partial charge in [-0.05, 0) is 43.5 Å². The predicted molar refractivity (Wildman–Crippen MR) is 157 cm³/mol. The van der Waals surface area contributed by atoms with Crippen molar-refractivity contribution in [3.8, 4) is 5.75 Å². The van der Waals surface area contributed by atoms with E-state index in [1.54, 1.807) is 18.2 Å². The number of amidine groups is 1. The molecule has 3 heterocycles. The van der Waals surface area contributed by atoms with Crippen molar-refractivity contribution in [3.63, 3.8) is 0 Å². The summed E-state index contributed by atoms with van der Waals surface area (Å²) < 4.78 is 34.5. The zero-order chi connectivity index (χ0) is 26.6. The fourth-order valence-corrected chi connectivity index (χ4v) is 6.61. The van der Waals surface area contributed by atoms with Crippen molar-refractivity contribution in [1.29, 1.82) is 0 Å². The molecule has 1 aromatic carbocycles. The first-order valence-corrected chi connectivity index (χ1v) is 14.7. The van der Waals surface area contributed by atoms with Crippen molar-refractivity contribution >= 4 is 46.6 Å². The summed E-state index contributed by atoms with van der Waals surface area (Å²) in [6.45, 7) is 9.71. The molecule has 0 aromatic heterocycles. The fraction of sp³-hybridized carbons (Fsp3) is 0.615. The summed E-state index contributed by atoms with van der Waals surface area (Å²) in [5.74, 6) is 0.702. The van der Waals surface area contributed by atoms with E-state index in [1.165, 1.54) is 4.31 Å². The van der Waals surface area contributed by atoms with Crippen LogP contribution in [0, 0.1) is 0 Å². The molecule has 2 N–H and O–H groups in total. The van der Waals surface area contributed by atoms with Gasteiger partial charge in [0, 0.05) is 45.5 Å². The van der Waals surface area contributed by atoms with Crippen LogP contribution in [0.1, 0.15) is 45.6 Å². The average molecular weight is 607 g/mol. The number of hydrogen-bond acceptors (Lipinski definition) is 8. The summed E-state index contributed by atoms with van der Waals surface area (Å²) >= 11 is 0. The first kappa shape index (κ1) is 33.3. The Morgan fingerprint density at radius 2 is 1.82 bits per heavy atom. The topological polar surface area (TPSA) is 115 Å². The zero-order valence-electron chi connectivity index (χ0n) is 22.8. The van der Waals surface area contributed by atoms with Gasteiger partial charge in [0.1, 0.15) is 23.7 Å². The van der Waals surface area contributed by atoms with Crippen LogP contribution in [0.15, 0.2) is 39.9 Å². The van der Waals surface area contributed by atoms with Crippen molar-refractivity contribution in [2.24, 2.45) is 4.99 Å². The highest BCUT2D eigenvalue weighted by molar-refractivity contribution is 7.89. The van der Waals surface area contributed by atoms with Crippen LogP contribution in [0.25, 0.3) is 0 Å². The smallest absolute Gasteiger partial charge is 0.250 e. The highest BCUT2D eigenvalue weighted by atomic mass is 35.5. The maximum absolute atomic E-state index is 13.6. The maximum Gasteiger partial charge on any atom is 0.250 e. The van der Waals surface area contributed by atoms with Gasteiger partial charge >= 0.3 is 0 Å². The summed E-state index contributed by atoms with van der Waals surface area (Å²) in [4.78, 5) is 22.4. The minimum absolute atomic E-state index is 0. The second-order valence-corrected chi connectivity index (χ2v) is 11.6. The minimum Gasteiger partial charge on any atom is -0.493 e. The lowest BCUT2D eigenvalue weighted by molar-refractivity contribution is -0.124. The van der Waals surface area contributed by atoms with Gasteiger partial charge in [0.25, 0.3) is 5.91 Å². The number of amides is 1. The molecule has 0 spiro atoms. The van der Waals surface area contributed by atoms with E-state index in [0.29, 0.717) is 63.0 Å². The minimum atomic E-state index is -3.76. The molecule has 220 valence electrons. The molecule has 1 saturated heterocycles. The first-order chi connectivity index (χ1) is 17.8. The third-order valence-electron chi connectivity index (χ3n) is 7.10. The number of rotatable bonds is 11. The molecule has 10 nitrogen and oxygen atoms in total. The molecule has 0 radical (unpaired) electrons. The van der Waals surface area contributed by atoms with Crippen molar-refractivity contribution < 1.29 is 23.1 Å². The highest BCUT2D eigenvalue weighted by Gasteiger charge is 2.43. The lowest BCUT2D eigenvalue weighted by Gasteiger charge is -2.34. The molecule has 0 aliphatic carbocycles. The SMILES string of the molecule is CCCOc1ccc(S(=O)(=O)N2CCN(CCO)CC2)cc1C1=NC2C(CCC)=CN(CC)C2C(=O)N1.Cl.Cl. The number of aliphatic hydroxyl groups excluding tert-OH is 1. The number of piperazine rings is 1. The Morgan fingerprint density at radius 3 is 2.44 bits per heavy atom. The number of sulfonamides is 1. The van der Waals surface area contributed by atoms with Gasteiger partial charge in [0.15, 0.2) is 0 Å². The number of halogens is 2. The standard InChI is InChI=1S/C26H39N5O5S.2ClH/c1-4-7-19-18-30(6-3)24-23(19)27-25(28-26(24)33)21-17-20(8-9-22(21)36-16-5-2)37(34,35)31-12-10-29(11-13-31)14-15-32;;/h8-9,17-18,23-24,32H,4-7,10-16H2,1-3H3,(H,27,28,33);2*1H. The molecule has 3 aliphatic heterocycles. The first-order valence-electron chi connectivity index (χ1n) is 13.3. The van der Waals surface area contributed by atoms with E-state index in [9.17, 15) is 18.3 Å². The summed E-state index contributed by atoms with van der Waals surface area (Å²) in [5, 5.41) is 12.1. The number of ether oxygens (including phenoxy) is 1. The van der Waals surface area contributed by atoms with Gasteiger partial charge in [0.2, 0.25) is 10.0 Å². The van der Waals surface area contributed by atoms with Crippen molar-refractivity contribution in [3.05, 3.63) is 35.5 Å². The third-order valence-corrected chi connectivity index (χ3v) is 9.00. The van der Waals surface area contributed by atoms with Crippen LogP contribution in [0.5, 0.6) is 5.75 Å². The Hall–Kier alpha value is -1.89. The van der Waals surface area contributed by atoms with Gasteiger partial charge in [-0.1, -0.05) is 20.3 Å². The quantitative estimate of drug-likeness (QED) is 0.397. The molecule has 4 rings (SSSR count). The number of nitrogens with zero attached hydrogens (tertiary/aromatic N) is 4. The zero-order valence-corrected chi connectivity index (χ0v) is 25.3. The molecule has 2 atom stereocenters. The van der Waals surface area contributed by atoms with Crippen LogP contribution in [0.2, 0.25) is 0 Å². The second-order valence-electron chi connectivity index (χ2n) is 9.62. The molecule has 2 unspecified atom stereocenters. The van der Waals surface area contributed by atoms with Gasteiger partial charge < -0.3 is 20.1 Å². The van der Waals surface area contributed by atoms with Crippen LogP contribution in [0.4, 0.5) is 0 Å². The molecule has 3 aliphatic rings. The summed E-state index contributed by atoms with van der Waals surface area (Å²) in [5.41, 5.74) is 1.59. The number of likely N-dealkylation sites (N-methyl/N-ethyl adjacent to an activating group) is 1. The van der Waals surface area contributed by atoms with E-state index in [1.807, 2.05) is 23.6 Å². The van der Waals surface area contributed by atoms with Crippen LogP contribution >= 0.6 is 24.8 Å². The number of carbonyl (C=O) groups excluding carboxylic acids is 1. The molecule has 0 bridgehead atoms. The number of benzene rings is 1. The molecule has 1 aromatic rings. The Labute approximate surface area is 244 Å². The van der Waals surface area contributed by atoms with Crippen LogP contribution in [-0.4, -0.2) is 104 Å². The molecular weight excluding hydrogens is 565 g/mol. The van der Waals surface area contributed by atoms with Crippen LogP contribution < -0.4 is 10.1 Å². The normalized spacial score (nSPS) is 21.7. The maximum atomic E-state index is 13.6. The fourth-order valence-electron chi connectivity index (χ4n) is 5.17. The summed E-state index contributed by atoms with van der Waals surface area (Å²) in [7, 11) is -3.76. The van der Waals surface area contributed by atoms with E-state index < -0.39 is 16.1 Å². The Morgan fingerprint density at radius 1 is 1.10 bits per heavy atom. The number of aliphatic hydroxyl groups is 1. The third kappa shape index (κ3) is 7.07. The number of aliphatic imine (C=N–C) groups is 1. The largest absolute Gasteiger partial charge is 0.493 e. The number of nitrogens with one attached hydrogen (secondary N) is 1. The van der Waals surface area contributed by atoms with Gasteiger partial charge in [-0.25, -0.2) is 8.42 Å². The van der Waals surface area contributed by atoms with E-state index in [-0.39, 0.29) is 48.3 Å². The Bertz CT molecular complexity index is 1160. The van der Waals surface area contributed by atoms with E-state index in [0.717, 1.165) is 24.8 Å². The molecule has 1 amide bonds. The van der Waals surface area contributed by atoms with E-state index >= 15 is 0 Å². The van der Waals surface area contributed by atoms with Gasteiger partial charge in [-0.3, -0.25) is 14.7 Å². The van der Waals surface area contributed by atoms with Crippen molar-refractivity contribution in [2.75, 3.05) is 52.5 Å². The van der Waals surface area contributed by atoms with Gasteiger partial charge in [0.05, 0.1) is 23.7 Å². The second kappa shape index (κ2) is 14.7. The molecule has 39 heavy (non-hydrogen) atoms.